The average molecular weight is 304 g/mol. The Balaban J connectivity index is 3.99. The number of esters is 2. The molecule has 0 amide bonds. The Morgan fingerprint density at radius 2 is 1.40 bits per heavy atom. The van der Waals surface area contributed by atoms with Gasteiger partial charge >= 0.3 is 108 Å². The van der Waals surface area contributed by atoms with Gasteiger partial charge in [0, 0.05) is 0 Å². The number of hydrogen-bond acceptors (Lipinski definition) is 6. The molecule has 0 aromatic rings. The van der Waals surface area contributed by atoms with Gasteiger partial charge in [-0.3, -0.25) is 0 Å². The maximum absolute atomic E-state index is 11.2. The van der Waals surface area contributed by atoms with Gasteiger partial charge in [-0.25, -0.2) is 0 Å². The number of hydrogen-bond donors (Lipinski definition) is 2. The first kappa shape index (κ1) is 15.3. The molecule has 0 rings (SSSR count). The molecule has 15 heavy (non-hydrogen) atoms. The normalized spacial score (nSPS) is 13.6. The first-order valence-corrected chi connectivity index (χ1v) is 9.18. The third-order valence-corrected chi connectivity index (χ3v) is 7.45. The Bertz CT molecular complexity index is 203. The van der Waals surface area contributed by atoms with Gasteiger partial charge in [0.05, 0.1) is 0 Å². The second kappa shape index (κ2) is 8.42. The van der Waals surface area contributed by atoms with Gasteiger partial charge in [-0.1, -0.05) is 0 Å². The predicted molar refractivity (Wildman–Crippen MR) is 58.8 cm³/mol. The number of carbonyl (C=O) groups excluding carboxylic acids is 2. The Kier molecular flexibility index (Phi) is 8.57. The number of rotatable bonds is 6. The van der Waals surface area contributed by atoms with Crippen molar-refractivity contribution in [2.75, 3.05) is 13.2 Å². The van der Waals surface area contributed by atoms with Gasteiger partial charge in [-0.2, -0.15) is 0 Å². The topological polar surface area (TPSA) is 52.6 Å². The van der Waals surface area contributed by atoms with Crippen LogP contribution in [-0.2, 0) is 36.2 Å². The van der Waals surface area contributed by atoms with E-state index >= 15 is 0 Å². The molecule has 0 aromatic carbocycles. The van der Waals surface area contributed by atoms with Crippen molar-refractivity contribution in [3.05, 3.63) is 0 Å². The molecule has 84 valence electrons. The minimum atomic E-state index is -1.55. The zero-order valence-electron chi connectivity index (χ0n) is 8.80. The Morgan fingerprint density at radius 1 is 1.07 bits per heavy atom. The van der Waals surface area contributed by atoms with Crippen LogP contribution in [0.5, 0.6) is 0 Å². The van der Waals surface area contributed by atoms with E-state index in [9.17, 15) is 9.59 Å². The molecule has 0 aliphatic heterocycles. The van der Waals surface area contributed by atoms with Crippen LogP contribution >= 0.6 is 25.3 Å². The van der Waals surface area contributed by atoms with Crippen molar-refractivity contribution in [3.63, 3.8) is 0 Å². The number of carbonyl (C=O) groups is 2. The molecule has 0 saturated carbocycles. The molecule has 2 unspecified atom stereocenters. The summed E-state index contributed by atoms with van der Waals surface area (Å²) in [7, 11) is 0. The van der Waals surface area contributed by atoms with Crippen LogP contribution in [0.15, 0.2) is 0 Å². The van der Waals surface area contributed by atoms with Crippen LogP contribution in [-0.4, -0.2) is 32.8 Å². The SMILES string of the molecule is CCOC(=O)[CH](S)[Zn][CH](S)C(=O)OCC. The molecule has 0 N–H and O–H groups in total. The molecular weight excluding hydrogens is 290 g/mol. The third kappa shape index (κ3) is 6.43. The molecule has 0 bridgehead atoms. The number of ether oxygens (including phenoxy) is 2. The van der Waals surface area contributed by atoms with Gasteiger partial charge in [-0.15, -0.1) is 0 Å². The van der Waals surface area contributed by atoms with Crippen molar-refractivity contribution in [1.29, 1.82) is 0 Å². The van der Waals surface area contributed by atoms with Crippen molar-refractivity contribution >= 4 is 37.2 Å². The van der Waals surface area contributed by atoms with E-state index < -0.39 is 24.8 Å². The molecule has 0 aliphatic carbocycles. The van der Waals surface area contributed by atoms with E-state index in [1.54, 1.807) is 13.8 Å². The third-order valence-electron chi connectivity index (χ3n) is 1.56. The second-order valence-electron chi connectivity index (χ2n) is 2.77. The van der Waals surface area contributed by atoms with Gasteiger partial charge < -0.3 is 0 Å². The summed E-state index contributed by atoms with van der Waals surface area (Å²) in [4.78, 5) is 22.4. The van der Waals surface area contributed by atoms with E-state index in [-0.39, 0.29) is 11.9 Å². The summed E-state index contributed by atoms with van der Waals surface area (Å²) in [5.41, 5.74) is 0. The molecule has 0 aromatic heterocycles. The van der Waals surface area contributed by atoms with E-state index in [2.05, 4.69) is 25.3 Å². The van der Waals surface area contributed by atoms with Crippen LogP contribution in [0, 0.1) is 0 Å². The van der Waals surface area contributed by atoms with Crippen molar-refractivity contribution in [2.24, 2.45) is 0 Å². The van der Waals surface area contributed by atoms with Crippen LogP contribution in [0.2, 0.25) is 0 Å². The second-order valence-corrected chi connectivity index (χ2v) is 11.3. The molecule has 0 heterocycles. The maximum atomic E-state index is 11.2. The van der Waals surface area contributed by atoms with Crippen LogP contribution in [0.4, 0.5) is 0 Å². The van der Waals surface area contributed by atoms with E-state index in [1.807, 2.05) is 0 Å². The first-order valence-electron chi connectivity index (χ1n) is 4.72. The molecule has 4 nitrogen and oxygen atoms in total. The van der Waals surface area contributed by atoms with Crippen LogP contribution in [0.3, 0.4) is 0 Å². The van der Waals surface area contributed by atoms with Crippen molar-refractivity contribution < 1.29 is 36.2 Å². The summed E-state index contributed by atoms with van der Waals surface area (Å²) in [6.45, 7) is 4.12. The van der Waals surface area contributed by atoms with E-state index in [0.717, 1.165) is 0 Å². The Hall–Kier alpha value is 0.263. The summed E-state index contributed by atoms with van der Waals surface area (Å²) in [5, 5.41) is 0. The summed E-state index contributed by atoms with van der Waals surface area (Å²) in [6, 6.07) is 0. The first-order chi connectivity index (χ1) is 7.02. The fourth-order valence-corrected chi connectivity index (χ4v) is 6.27. The summed E-state index contributed by atoms with van der Waals surface area (Å²) in [5.74, 6) is -0.714. The van der Waals surface area contributed by atoms with Crippen molar-refractivity contribution in [3.8, 4) is 0 Å². The van der Waals surface area contributed by atoms with Crippen LogP contribution < -0.4 is 0 Å². The standard InChI is InChI=1S/2C4H7O2S.Zn/c2*1-2-6-4(5)3-7;/h2*3,7H,2H2,1H3;. The molecule has 0 aliphatic rings. The molecule has 0 saturated heterocycles. The molecule has 0 radical (unpaired) electrons. The van der Waals surface area contributed by atoms with Gasteiger partial charge in [-0.05, 0) is 0 Å². The van der Waals surface area contributed by atoms with Gasteiger partial charge in [0.15, 0.2) is 0 Å². The fourth-order valence-electron chi connectivity index (χ4n) is 0.881. The predicted octanol–water partition coefficient (Wildman–Crippen LogP) is 0.707. The van der Waals surface area contributed by atoms with Gasteiger partial charge in [0.25, 0.3) is 0 Å². The van der Waals surface area contributed by atoms with E-state index in [4.69, 9.17) is 9.47 Å². The van der Waals surface area contributed by atoms with Crippen LogP contribution in [0.25, 0.3) is 0 Å². The average Bonchev–Trinajstić information content (AvgIpc) is 2.18. The quantitative estimate of drug-likeness (QED) is 0.431. The molecule has 7 heteroatoms. The molecular formula is C8H14O4S2Zn. The van der Waals surface area contributed by atoms with Gasteiger partial charge in [0.2, 0.25) is 0 Å². The Labute approximate surface area is 108 Å². The van der Waals surface area contributed by atoms with Gasteiger partial charge in [0.1, 0.15) is 0 Å². The van der Waals surface area contributed by atoms with Crippen LogP contribution in [0.1, 0.15) is 13.8 Å². The zero-order chi connectivity index (χ0) is 11.8. The number of thiol groups is 2. The monoisotopic (exact) mass is 302 g/mol. The zero-order valence-corrected chi connectivity index (χ0v) is 13.6. The molecule has 0 spiro atoms. The minimum absolute atomic E-state index is 0.328. The van der Waals surface area contributed by atoms with Crippen molar-refractivity contribution in [2.45, 2.75) is 21.5 Å². The molecule has 2 atom stereocenters. The summed E-state index contributed by atoms with van der Waals surface area (Å²) < 4.78 is 8.67. The summed E-state index contributed by atoms with van der Waals surface area (Å²) >= 11 is 6.68. The molecule has 0 fully saturated rings. The summed E-state index contributed by atoms with van der Waals surface area (Å²) in [6.07, 6.45) is 0. The van der Waals surface area contributed by atoms with E-state index in [1.165, 1.54) is 0 Å². The van der Waals surface area contributed by atoms with Crippen molar-refractivity contribution in [1.82, 2.24) is 0 Å². The van der Waals surface area contributed by atoms with E-state index in [0.29, 0.717) is 13.2 Å². The fraction of sp³-hybridized carbons (Fsp3) is 0.750. The Morgan fingerprint density at radius 3 is 1.67 bits per heavy atom.